The molecule has 1 aromatic carbocycles. The van der Waals surface area contributed by atoms with Gasteiger partial charge in [-0.05, 0) is 51.0 Å². The molecule has 1 aliphatic rings. The summed E-state index contributed by atoms with van der Waals surface area (Å²) in [5.41, 5.74) is 1.69. The van der Waals surface area contributed by atoms with Gasteiger partial charge in [0.1, 0.15) is 16.7 Å². The van der Waals surface area contributed by atoms with E-state index in [1.54, 1.807) is 0 Å². The van der Waals surface area contributed by atoms with Crippen molar-refractivity contribution in [2.75, 3.05) is 27.3 Å². The Hall–Kier alpha value is -2.72. The van der Waals surface area contributed by atoms with Gasteiger partial charge in [0.2, 0.25) is 10.0 Å². The maximum absolute atomic E-state index is 13.3. The quantitative estimate of drug-likeness (QED) is 0.635. The summed E-state index contributed by atoms with van der Waals surface area (Å²) < 4.78 is 43.8. The van der Waals surface area contributed by atoms with Crippen LogP contribution < -0.4 is 9.47 Å². The molecule has 0 amide bonds. The minimum absolute atomic E-state index is 0.0869. The molecule has 1 aromatic heterocycles. The third-order valence-electron chi connectivity index (χ3n) is 4.78. The van der Waals surface area contributed by atoms with Gasteiger partial charge in [-0.3, -0.25) is 0 Å². The molecule has 2 heterocycles. The first-order valence-corrected chi connectivity index (χ1v) is 10.9. The second-order valence-corrected chi connectivity index (χ2v) is 8.94. The molecule has 0 saturated carbocycles. The Balaban J connectivity index is 1.86. The number of carbonyl (C=O) groups excluding carboxylic acids is 1. The Morgan fingerprint density at radius 1 is 1.13 bits per heavy atom. The Bertz CT molecular complexity index is 1020. The zero-order chi connectivity index (χ0) is 21.9. The van der Waals surface area contributed by atoms with Gasteiger partial charge >= 0.3 is 12.0 Å². The third kappa shape index (κ3) is 4.71. The minimum Gasteiger partial charge on any atom is -0.495 e. The molecular formula is C20H25N3O6S. The largest absolute Gasteiger partial charge is 0.495 e. The smallest absolute Gasteiger partial charge is 0.337 e. The lowest BCUT2D eigenvalue weighted by Crippen LogP contribution is -2.44. The van der Waals surface area contributed by atoms with Gasteiger partial charge in [0, 0.05) is 17.9 Å². The van der Waals surface area contributed by atoms with Crippen molar-refractivity contribution < 1.29 is 27.4 Å². The maximum atomic E-state index is 13.3. The molecule has 0 bridgehead atoms. The number of hydrogen-bond donors (Lipinski definition) is 0. The summed E-state index contributed by atoms with van der Waals surface area (Å²) in [6.07, 6.45) is 0.916. The van der Waals surface area contributed by atoms with Crippen LogP contribution in [-0.4, -0.2) is 62.1 Å². The van der Waals surface area contributed by atoms with E-state index < -0.39 is 16.0 Å². The molecule has 10 heteroatoms. The topological polar surface area (TPSA) is 108 Å². The number of aryl methyl sites for hydroxylation is 2. The number of sulfonamides is 1. The first-order chi connectivity index (χ1) is 14.2. The first-order valence-electron chi connectivity index (χ1n) is 9.50. The first kappa shape index (κ1) is 22.0. The monoisotopic (exact) mass is 435 g/mol. The molecule has 0 aliphatic carbocycles. The lowest BCUT2D eigenvalue weighted by molar-refractivity contribution is 0.0600. The van der Waals surface area contributed by atoms with Crippen LogP contribution in [0.2, 0.25) is 0 Å². The molecule has 0 spiro atoms. The van der Waals surface area contributed by atoms with E-state index in [0.29, 0.717) is 19.4 Å². The number of hydrogen-bond acceptors (Lipinski definition) is 8. The summed E-state index contributed by atoms with van der Waals surface area (Å²) in [5.74, 6) is -0.468. The van der Waals surface area contributed by atoms with Crippen molar-refractivity contribution in [1.29, 1.82) is 0 Å². The summed E-state index contributed by atoms with van der Waals surface area (Å²) in [4.78, 5) is 20.3. The van der Waals surface area contributed by atoms with E-state index in [1.165, 1.54) is 36.7 Å². The predicted molar refractivity (Wildman–Crippen MR) is 108 cm³/mol. The van der Waals surface area contributed by atoms with E-state index in [4.69, 9.17) is 14.2 Å². The molecule has 3 rings (SSSR count). The van der Waals surface area contributed by atoms with Gasteiger partial charge in [-0.1, -0.05) is 0 Å². The molecule has 1 saturated heterocycles. The number of methoxy groups -OCH3 is 2. The van der Waals surface area contributed by atoms with Crippen LogP contribution in [0.1, 0.15) is 34.6 Å². The van der Waals surface area contributed by atoms with Crippen LogP contribution in [0.3, 0.4) is 0 Å². The predicted octanol–water partition coefficient (Wildman–Crippen LogP) is 2.12. The number of esters is 1. The number of aromatic nitrogens is 2. The summed E-state index contributed by atoms with van der Waals surface area (Å²) >= 11 is 0. The Labute approximate surface area is 176 Å². The molecular weight excluding hydrogens is 410 g/mol. The number of ether oxygens (including phenoxy) is 3. The summed E-state index contributed by atoms with van der Waals surface area (Å²) in [6.45, 7) is 4.17. The molecule has 1 fully saturated rings. The normalized spacial score (nSPS) is 17.4. The van der Waals surface area contributed by atoms with E-state index in [2.05, 4.69) is 9.97 Å². The Kier molecular flexibility index (Phi) is 6.57. The number of benzene rings is 1. The van der Waals surface area contributed by atoms with Crippen molar-refractivity contribution in [3.05, 3.63) is 41.2 Å². The Morgan fingerprint density at radius 3 is 2.47 bits per heavy atom. The van der Waals surface area contributed by atoms with Crippen molar-refractivity contribution in [1.82, 2.24) is 14.3 Å². The maximum Gasteiger partial charge on any atom is 0.337 e. The molecule has 0 N–H and O–H groups in total. The molecule has 2 aromatic rings. The van der Waals surface area contributed by atoms with E-state index in [1.807, 2.05) is 19.9 Å². The summed E-state index contributed by atoms with van der Waals surface area (Å²) in [6, 6.07) is 6.26. The van der Waals surface area contributed by atoms with Gasteiger partial charge in [-0.25, -0.2) is 23.2 Å². The second kappa shape index (κ2) is 8.97. The fourth-order valence-electron chi connectivity index (χ4n) is 3.38. The van der Waals surface area contributed by atoms with Gasteiger partial charge in [-0.15, -0.1) is 0 Å². The molecule has 9 nitrogen and oxygen atoms in total. The van der Waals surface area contributed by atoms with Crippen molar-refractivity contribution in [2.45, 2.75) is 37.7 Å². The molecule has 1 unspecified atom stereocenters. The lowest BCUT2D eigenvalue weighted by atomic mass is 10.1. The molecule has 0 radical (unpaired) electrons. The SMILES string of the molecule is COC(=O)c1ccc(OC)c(S(=O)(=O)N2CCCC(Oc3nc(C)cc(C)n3)C2)c1. The highest BCUT2D eigenvalue weighted by Crippen LogP contribution is 2.30. The van der Waals surface area contributed by atoms with Gasteiger partial charge in [0.05, 0.1) is 26.3 Å². The van der Waals surface area contributed by atoms with Crippen LogP contribution in [-0.2, 0) is 14.8 Å². The zero-order valence-corrected chi connectivity index (χ0v) is 18.2. The molecule has 1 aliphatic heterocycles. The van der Waals surface area contributed by atoms with Gasteiger partial charge < -0.3 is 14.2 Å². The van der Waals surface area contributed by atoms with Crippen LogP contribution in [0.25, 0.3) is 0 Å². The van der Waals surface area contributed by atoms with Crippen molar-refractivity contribution in [3.63, 3.8) is 0 Å². The van der Waals surface area contributed by atoms with Crippen molar-refractivity contribution in [2.24, 2.45) is 0 Å². The molecule has 30 heavy (non-hydrogen) atoms. The highest BCUT2D eigenvalue weighted by molar-refractivity contribution is 7.89. The molecule has 1 atom stereocenters. The van der Waals surface area contributed by atoms with Gasteiger partial charge in [0.25, 0.3) is 0 Å². The average Bonchev–Trinajstić information content (AvgIpc) is 2.72. The van der Waals surface area contributed by atoms with Crippen LogP contribution in [0, 0.1) is 13.8 Å². The van der Waals surface area contributed by atoms with Crippen LogP contribution in [0.5, 0.6) is 11.8 Å². The van der Waals surface area contributed by atoms with Crippen molar-refractivity contribution in [3.8, 4) is 11.8 Å². The number of nitrogens with zero attached hydrogens (tertiary/aromatic N) is 3. The van der Waals surface area contributed by atoms with Crippen LogP contribution in [0.4, 0.5) is 0 Å². The van der Waals surface area contributed by atoms with E-state index >= 15 is 0 Å². The number of rotatable bonds is 6. The number of piperidine rings is 1. The molecule has 162 valence electrons. The third-order valence-corrected chi connectivity index (χ3v) is 6.66. The highest BCUT2D eigenvalue weighted by Gasteiger charge is 2.34. The standard InChI is InChI=1S/C20H25N3O6S/c1-13-10-14(2)22-20(21-13)29-16-6-5-9-23(12-16)30(25,26)18-11-15(19(24)28-4)7-8-17(18)27-3/h7-8,10-11,16H,5-6,9,12H2,1-4H3. The van der Waals surface area contributed by atoms with E-state index in [9.17, 15) is 13.2 Å². The van der Waals surface area contributed by atoms with Crippen LogP contribution in [0.15, 0.2) is 29.2 Å². The van der Waals surface area contributed by atoms with E-state index in [0.717, 1.165) is 11.4 Å². The fraction of sp³-hybridized carbons (Fsp3) is 0.450. The minimum atomic E-state index is -3.93. The summed E-state index contributed by atoms with van der Waals surface area (Å²) in [5, 5.41) is 0. The highest BCUT2D eigenvalue weighted by atomic mass is 32.2. The van der Waals surface area contributed by atoms with Gasteiger partial charge in [-0.2, -0.15) is 4.31 Å². The Morgan fingerprint density at radius 2 is 1.83 bits per heavy atom. The number of carbonyl (C=O) groups is 1. The van der Waals surface area contributed by atoms with Crippen molar-refractivity contribution >= 4 is 16.0 Å². The average molecular weight is 436 g/mol. The van der Waals surface area contributed by atoms with Crippen LogP contribution >= 0.6 is 0 Å². The van der Waals surface area contributed by atoms with E-state index in [-0.39, 0.29) is 34.9 Å². The van der Waals surface area contributed by atoms with Gasteiger partial charge in [0.15, 0.2) is 0 Å². The second-order valence-electron chi connectivity index (χ2n) is 7.04. The fourth-order valence-corrected chi connectivity index (χ4v) is 5.07. The summed E-state index contributed by atoms with van der Waals surface area (Å²) in [7, 11) is -1.31. The lowest BCUT2D eigenvalue weighted by Gasteiger charge is -2.32. The zero-order valence-electron chi connectivity index (χ0n) is 17.4.